The van der Waals surface area contributed by atoms with Crippen molar-refractivity contribution in [3.05, 3.63) is 47.8 Å². The van der Waals surface area contributed by atoms with Crippen LogP contribution in [0.1, 0.15) is 23.8 Å². The summed E-state index contributed by atoms with van der Waals surface area (Å²) >= 11 is 0. The average molecular weight is 390 g/mol. The number of H-pyrrole nitrogens is 1. The van der Waals surface area contributed by atoms with Gasteiger partial charge in [0.05, 0.1) is 0 Å². The zero-order chi connectivity index (χ0) is 19.9. The summed E-state index contributed by atoms with van der Waals surface area (Å²) in [5.74, 6) is -0.351. The van der Waals surface area contributed by atoms with Crippen molar-refractivity contribution in [1.82, 2.24) is 24.7 Å². The predicted octanol–water partition coefficient (Wildman–Crippen LogP) is 3.20. The van der Waals surface area contributed by atoms with Gasteiger partial charge < -0.3 is 9.88 Å². The summed E-state index contributed by atoms with van der Waals surface area (Å²) in [6.07, 6.45) is -2.76. The quantitative estimate of drug-likeness (QED) is 0.719. The summed E-state index contributed by atoms with van der Waals surface area (Å²) < 4.78 is 40.0. The smallest absolute Gasteiger partial charge is 0.326 e. The van der Waals surface area contributed by atoms with E-state index in [-0.39, 0.29) is 18.9 Å². The van der Waals surface area contributed by atoms with Gasteiger partial charge in [-0.1, -0.05) is 12.1 Å². The Morgan fingerprint density at radius 3 is 2.89 bits per heavy atom. The van der Waals surface area contributed by atoms with Crippen molar-refractivity contribution in [3.8, 4) is 11.4 Å². The fourth-order valence-electron chi connectivity index (χ4n) is 3.37. The number of amides is 1. The fourth-order valence-corrected chi connectivity index (χ4v) is 3.37. The Bertz CT molecular complexity index is 1020. The lowest BCUT2D eigenvalue weighted by Gasteiger charge is -2.24. The third-order valence-electron chi connectivity index (χ3n) is 4.70. The number of aromatic amines is 1. The van der Waals surface area contributed by atoms with Crippen LogP contribution in [-0.4, -0.2) is 30.6 Å². The van der Waals surface area contributed by atoms with Gasteiger partial charge in [0, 0.05) is 42.0 Å². The number of imidazole rings is 1. The number of nitrogens with zero attached hydrogens (tertiary/aromatic N) is 4. The van der Waals surface area contributed by atoms with E-state index in [1.807, 2.05) is 6.07 Å². The molecule has 3 aromatic rings. The molecule has 0 fully saturated rings. The first kappa shape index (κ1) is 18.2. The van der Waals surface area contributed by atoms with Gasteiger partial charge in [-0.15, -0.1) is 0 Å². The summed E-state index contributed by atoms with van der Waals surface area (Å²) in [6.45, 7) is 1.90. The number of nitrogens with one attached hydrogen (secondary N) is 2. The van der Waals surface area contributed by atoms with Crippen LogP contribution in [0, 0.1) is 12.8 Å². The van der Waals surface area contributed by atoms with Gasteiger partial charge in [-0.3, -0.25) is 9.89 Å². The van der Waals surface area contributed by atoms with Crippen LogP contribution in [0.3, 0.4) is 0 Å². The Labute approximate surface area is 158 Å². The molecule has 28 heavy (non-hydrogen) atoms. The van der Waals surface area contributed by atoms with Crippen LogP contribution in [0.2, 0.25) is 0 Å². The lowest BCUT2D eigenvalue weighted by molar-refractivity contribution is -0.147. The second-order valence-electron chi connectivity index (χ2n) is 6.73. The molecule has 0 unspecified atom stereocenters. The van der Waals surface area contributed by atoms with Crippen LogP contribution in [-0.2, 0) is 23.9 Å². The second-order valence-corrected chi connectivity index (χ2v) is 6.73. The van der Waals surface area contributed by atoms with Gasteiger partial charge in [-0.2, -0.15) is 18.3 Å². The average Bonchev–Trinajstić information content (AvgIpc) is 3.27. The largest absolute Gasteiger partial charge is 0.449 e. The Morgan fingerprint density at radius 2 is 2.18 bits per heavy atom. The second kappa shape index (κ2) is 6.77. The number of benzene rings is 1. The Kier molecular flexibility index (Phi) is 4.40. The van der Waals surface area contributed by atoms with Gasteiger partial charge in [0.15, 0.2) is 5.82 Å². The molecule has 7 nitrogen and oxygen atoms in total. The highest BCUT2D eigenvalue weighted by molar-refractivity contribution is 5.93. The van der Waals surface area contributed by atoms with Gasteiger partial charge >= 0.3 is 6.18 Å². The van der Waals surface area contributed by atoms with Crippen molar-refractivity contribution in [2.24, 2.45) is 5.92 Å². The van der Waals surface area contributed by atoms with E-state index in [1.54, 1.807) is 25.1 Å². The van der Waals surface area contributed by atoms with Crippen LogP contribution in [0.15, 0.2) is 30.5 Å². The Balaban J connectivity index is 1.47. The zero-order valence-electron chi connectivity index (χ0n) is 14.9. The molecule has 0 bridgehead atoms. The van der Waals surface area contributed by atoms with Gasteiger partial charge in [0.2, 0.25) is 11.7 Å². The minimum atomic E-state index is -4.49. The molecule has 1 amide bonds. The standard InChI is InChI=1S/C18H17F3N6O/c1-10-23-15(26-25-10)11-3-2-4-13(7-11)24-16(28)12-5-6-27-14(8-12)9-22-17(27)18(19,20)21/h2-4,7,9,12H,5-6,8H2,1H3,(H,24,28)(H,23,25,26)/t12-/m0/s1. The lowest BCUT2D eigenvalue weighted by atomic mass is 9.95. The molecular weight excluding hydrogens is 373 g/mol. The highest BCUT2D eigenvalue weighted by Crippen LogP contribution is 2.32. The van der Waals surface area contributed by atoms with Gasteiger partial charge in [-0.05, 0) is 25.5 Å². The summed E-state index contributed by atoms with van der Waals surface area (Å²) in [5.41, 5.74) is 1.75. The highest BCUT2D eigenvalue weighted by atomic mass is 19.4. The molecule has 10 heteroatoms. The first-order valence-electron chi connectivity index (χ1n) is 8.73. The lowest BCUT2D eigenvalue weighted by Crippen LogP contribution is -2.31. The number of anilines is 1. The van der Waals surface area contributed by atoms with Crippen LogP contribution in [0.4, 0.5) is 18.9 Å². The number of hydrogen-bond donors (Lipinski definition) is 2. The Hall–Kier alpha value is -3.17. The number of alkyl halides is 3. The van der Waals surface area contributed by atoms with E-state index in [0.29, 0.717) is 29.5 Å². The molecule has 1 atom stereocenters. The topological polar surface area (TPSA) is 88.5 Å². The van der Waals surface area contributed by atoms with Gasteiger partial charge in [0.25, 0.3) is 0 Å². The van der Waals surface area contributed by atoms with E-state index in [1.165, 1.54) is 6.20 Å². The number of carbonyl (C=O) groups is 1. The molecule has 1 aliphatic heterocycles. The zero-order valence-corrected chi connectivity index (χ0v) is 14.9. The van der Waals surface area contributed by atoms with Crippen molar-refractivity contribution < 1.29 is 18.0 Å². The maximum atomic E-state index is 13.0. The molecule has 1 aromatic carbocycles. The number of rotatable bonds is 3. The van der Waals surface area contributed by atoms with Gasteiger partial charge in [-0.25, -0.2) is 9.97 Å². The van der Waals surface area contributed by atoms with E-state index in [0.717, 1.165) is 10.1 Å². The first-order valence-corrected chi connectivity index (χ1v) is 8.73. The number of fused-ring (bicyclic) bond motifs is 1. The van der Waals surface area contributed by atoms with Crippen LogP contribution >= 0.6 is 0 Å². The number of aromatic nitrogens is 5. The maximum Gasteiger partial charge on any atom is 0.449 e. The summed E-state index contributed by atoms with van der Waals surface area (Å²) in [6, 6.07) is 7.11. The van der Waals surface area contributed by atoms with E-state index < -0.39 is 17.9 Å². The minimum Gasteiger partial charge on any atom is -0.326 e. The molecular formula is C18H17F3N6O. The van der Waals surface area contributed by atoms with E-state index >= 15 is 0 Å². The number of halogens is 3. The maximum absolute atomic E-state index is 13.0. The summed E-state index contributed by atoms with van der Waals surface area (Å²) in [5, 5.41) is 9.70. The van der Waals surface area contributed by atoms with E-state index in [9.17, 15) is 18.0 Å². The minimum absolute atomic E-state index is 0.110. The van der Waals surface area contributed by atoms with Crippen molar-refractivity contribution in [2.75, 3.05) is 5.32 Å². The van der Waals surface area contributed by atoms with Crippen LogP contribution in [0.5, 0.6) is 0 Å². The SMILES string of the molecule is Cc1nc(-c2cccc(NC(=O)[C@H]3CCn4c(cnc4C(F)(F)F)C3)c2)n[nH]1. The molecule has 0 saturated heterocycles. The normalized spacial score (nSPS) is 16.6. The van der Waals surface area contributed by atoms with Crippen molar-refractivity contribution in [1.29, 1.82) is 0 Å². The molecule has 2 aromatic heterocycles. The monoisotopic (exact) mass is 390 g/mol. The van der Waals surface area contributed by atoms with Gasteiger partial charge in [0.1, 0.15) is 5.82 Å². The molecule has 1 aliphatic rings. The van der Waals surface area contributed by atoms with Crippen LogP contribution in [0.25, 0.3) is 11.4 Å². The third kappa shape index (κ3) is 3.49. The molecule has 146 valence electrons. The fraction of sp³-hybridized carbons (Fsp3) is 0.333. The molecule has 0 aliphatic carbocycles. The third-order valence-corrected chi connectivity index (χ3v) is 4.70. The van der Waals surface area contributed by atoms with Crippen molar-refractivity contribution in [2.45, 2.75) is 32.5 Å². The van der Waals surface area contributed by atoms with E-state index in [2.05, 4.69) is 25.5 Å². The number of aryl methyl sites for hydroxylation is 1. The summed E-state index contributed by atoms with van der Waals surface area (Å²) in [7, 11) is 0. The predicted molar refractivity (Wildman–Crippen MR) is 94.2 cm³/mol. The molecule has 0 spiro atoms. The molecule has 0 saturated carbocycles. The highest BCUT2D eigenvalue weighted by Gasteiger charge is 2.39. The van der Waals surface area contributed by atoms with Crippen molar-refractivity contribution >= 4 is 11.6 Å². The number of carbonyl (C=O) groups excluding carboxylic acids is 1. The van der Waals surface area contributed by atoms with Crippen molar-refractivity contribution in [3.63, 3.8) is 0 Å². The molecule has 2 N–H and O–H groups in total. The van der Waals surface area contributed by atoms with E-state index in [4.69, 9.17) is 0 Å². The molecule has 3 heterocycles. The first-order chi connectivity index (χ1) is 13.3. The summed E-state index contributed by atoms with van der Waals surface area (Å²) in [4.78, 5) is 20.4. The number of hydrogen-bond acceptors (Lipinski definition) is 4. The van der Waals surface area contributed by atoms with Crippen LogP contribution < -0.4 is 5.32 Å². The molecule has 0 radical (unpaired) electrons. The molecule has 4 rings (SSSR count). The Morgan fingerprint density at radius 1 is 1.36 bits per heavy atom.